The Labute approximate surface area is 133 Å². The van der Waals surface area contributed by atoms with Gasteiger partial charge in [-0.3, -0.25) is 4.79 Å². The van der Waals surface area contributed by atoms with Gasteiger partial charge in [-0.2, -0.15) is 11.8 Å². The normalized spacial score (nSPS) is 13.5. The Bertz CT molecular complexity index is 564. The number of benzene rings is 1. The maximum atomic E-state index is 12.6. The summed E-state index contributed by atoms with van der Waals surface area (Å²) in [5.41, 5.74) is 0.786. The summed E-state index contributed by atoms with van der Waals surface area (Å²) in [5.74, 6) is 0.630. The minimum atomic E-state index is -0.653. The molecule has 118 valence electrons. The van der Waals surface area contributed by atoms with E-state index < -0.39 is 6.04 Å². The highest BCUT2D eigenvalue weighted by atomic mass is 32.2. The smallest absolute Gasteiger partial charge is 0.249 e. The lowest BCUT2D eigenvalue weighted by Gasteiger charge is -2.21. The highest BCUT2D eigenvalue weighted by Crippen LogP contribution is 2.17. The summed E-state index contributed by atoms with van der Waals surface area (Å²) in [4.78, 5) is 12.6. The number of aromatic nitrogens is 4. The summed E-state index contributed by atoms with van der Waals surface area (Å²) >= 11 is 1.67. The Morgan fingerprint density at radius 2 is 2.18 bits per heavy atom. The van der Waals surface area contributed by atoms with E-state index in [9.17, 15) is 9.90 Å². The van der Waals surface area contributed by atoms with E-state index in [1.54, 1.807) is 11.8 Å². The number of nitrogens with one attached hydrogen (secondary N) is 1. The first-order valence-corrected chi connectivity index (χ1v) is 8.33. The first-order valence-electron chi connectivity index (χ1n) is 6.94. The summed E-state index contributed by atoms with van der Waals surface area (Å²) in [6.45, 7) is -0.0938. The van der Waals surface area contributed by atoms with Gasteiger partial charge in [0, 0.05) is 0 Å². The number of hydrogen-bond acceptors (Lipinski definition) is 6. The summed E-state index contributed by atoms with van der Waals surface area (Å²) in [5, 5.41) is 23.3. The van der Waals surface area contributed by atoms with E-state index in [1.165, 1.54) is 11.0 Å². The minimum absolute atomic E-state index is 0.0938. The third-order valence-corrected chi connectivity index (χ3v) is 3.87. The van der Waals surface area contributed by atoms with Gasteiger partial charge >= 0.3 is 0 Å². The van der Waals surface area contributed by atoms with Crippen LogP contribution in [0, 0.1) is 0 Å². The zero-order chi connectivity index (χ0) is 15.8. The molecule has 0 spiro atoms. The number of thioether (sulfide) groups is 1. The van der Waals surface area contributed by atoms with Crippen LogP contribution in [0.2, 0.25) is 0 Å². The van der Waals surface area contributed by atoms with Crippen molar-refractivity contribution in [3.05, 3.63) is 42.2 Å². The minimum Gasteiger partial charge on any atom is -0.394 e. The molecule has 1 aromatic heterocycles. The molecule has 0 aliphatic carbocycles. The Morgan fingerprint density at radius 3 is 2.77 bits per heavy atom. The SMILES string of the molecule is CSCC[C@@H](CO)NC(=O)[C@@H](c1ccccc1)n1cnnn1. The molecule has 22 heavy (non-hydrogen) atoms. The molecule has 1 heterocycles. The zero-order valence-corrected chi connectivity index (χ0v) is 13.1. The fourth-order valence-corrected chi connectivity index (χ4v) is 2.62. The molecule has 1 aromatic carbocycles. The molecule has 2 rings (SSSR count). The summed E-state index contributed by atoms with van der Waals surface area (Å²) in [6.07, 6.45) is 4.11. The van der Waals surface area contributed by atoms with E-state index >= 15 is 0 Å². The highest BCUT2D eigenvalue weighted by Gasteiger charge is 2.25. The second-order valence-electron chi connectivity index (χ2n) is 4.77. The molecule has 0 radical (unpaired) electrons. The van der Waals surface area contributed by atoms with Gasteiger partial charge in [0.2, 0.25) is 5.91 Å². The summed E-state index contributed by atoms with van der Waals surface area (Å²) in [6, 6.07) is 8.37. The highest BCUT2D eigenvalue weighted by molar-refractivity contribution is 7.98. The Balaban J connectivity index is 2.17. The van der Waals surface area contributed by atoms with Crippen LogP contribution in [0.3, 0.4) is 0 Å². The van der Waals surface area contributed by atoms with Crippen molar-refractivity contribution in [2.24, 2.45) is 0 Å². The van der Waals surface area contributed by atoms with Gasteiger partial charge in [0.25, 0.3) is 0 Å². The van der Waals surface area contributed by atoms with Crippen LogP contribution in [-0.2, 0) is 4.79 Å². The number of nitrogens with zero attached hydrogens (tertiary/aromatic N) is 4. The van der Waals surface area contributed by atoms with E-state index in [1.807, 2.05) is 36.6 Å². The van der Waals surface area contributed by atoms with E-state index in [2.05, 4.69) is 20.8 Å². The number of aliphatic hydroxyl groups is 1. The molecule has 0 saturated heterocycles. The molecule has 0 bridgehead atoms. The van der Waals surface area contributed by atoms with Crippen LogP contribution in [0.4, 0.5) is 0 Å². The van der Waals surface area contributed by atoms with Crippen LogP contribution >= 0.6 is 11.8 Å². The number of tetrazole rings is 1. The molecule has 0 unspecified atom stereocenters. The van der Waals surface area contributed by atoms with Crippen LogP contribution < -0.4 is 5.32 Å². The van der Waals surface area contributed by atoms with Crippen molar-refractivity contribution < 1.29 is 9.90 Å². The molecule has 8 heteroatoms. The van der Waals surface area contributed by atoms with Gasteiger partial charge in [0.15, 0.2) is 6.04 Å². The molecule has 0 aliphatic rings. The van der Waals surface area contributed by atoms with Gasteiger partial charge in [-0.25, -0.2) is 4.68 Å². The molecular formula is C14H19N5O2S. The number of rotatable bonds is 8. The standard InChI is InChI=1S/C14H19N5O2S/c1-22-8-7-12(9-20)16-14(21)13(19-10-15-17-18-19)11-5-3-2-4-6-11/h2-6,10,12-13,20H,7-9H2,1H3,(H,16,21)/t12-,13+/m0/s1. The topological polar surface area (TPSA) is 92.9 Å². The number of carbonyl (C=O) groups is 1. The fourth-order valence-electron chi connectivity index (χ4n) is 2.10. The van der Waals surface area contributed by atoms with Crippen LogP contribution in [0.1, 0.15) is 18.0 Å². The average Bonchev–Trinajstić information content (AvgIpc) is 3.06. The van der Waals surface area contributed by atoms with Gasteiger partial charge < -0.3 is 10.4 Å². The zero-order valence-electron chi connectivity index (χ0n) is 12.3. The molecule has 0 saturated carbocycles. The Morgan fingerprint density at radius 1 is 1.41 bits per heavy atom. The largest absolute Gasteiger partial charge is 0.394 e. The van der Waals surface area contributed by atoms with E-state index in [4.69, 9.17) is 0 Å². The van der Waals surface area contributed by atoms with E-state index in [-0.39, 0.29) is 18.6 Å². The molecular weight excluding hydrogens is 302 g/mol. The number of aliphatic hydroxyl groups excluding tert-OH is 1. The van der Waals surface area contributed by atoms with Crippen molar-refractivity contribution in [3.8, 4) is 0 Å². The fraction of sp³-hybridized carbons (Fsp3) is 0.429. The van der Waals surface area contributed by atoms with Crippen LogP contribution in [0.5, 0.6) is 0 Å². The van der Waals surface area contributed by atoms with Gasteiger partial charge in [-0.1, -0.05) is 30.3 Å². The van der Waals surface area contributed by atoms with Crippen molar-refractivity contribution in [2.75, 3.05) is 18.6 Å². The number of hydrogen-bond donors (Lipinski definition) is 2. The average molecular weight is 321 g/mol. The second-order valence-corrected chi connectivity index (χ2v) is 5.76. The van der Waals surface area contributed by atoms with Gasteiger partial charge in [-0.05, 0) is 34.4 Å². The van der Waals surface area contributed by atoms with Crippen LogP contribution in [-0.4, -0.2) is 55.9 Å². The van der Waals surface area contributed by atoms with Gasteiger partial charge in [0.05, 0.1) is 12.6 Å². The van der Waals surface area contributed by atoms with Crippen molar-refractivity contribution in [1.29, 1.82) is 0 Å². The molecule has 7 nitrogen and oxygen atoms in total. The Kier molecular flexibility index (Phi) is 6.35. The first-order chi connectivity index (χ1) is 10.8. The van der Waals surface area contributed by atoms with Crippen molar-refractivity contribution >= 4 is 17.7 Å². The van der Waals surface area contributed by atoms with Crippen LogP contribution in [0.15, 0.2) is 36.7 Å². The summed E-state index contributed by atoms with van der Waals surface area (Å²) < 4.78 is 1.41. The molecule has 1 amide bonds. The lowest BCUT2D eigenvalue weighted by molar-refractivity contribution is -0.124. The summed E-state index contributed by atoms with van der Waals surface area (Å²) in [7, 11) is 0. The molecule has 0 aliphatic heterocycles. The number of amides is 1. The van der Waals surface area contributed by atoms with Crippen molar-refractivity contribution in [2.45, 2.75) is 18.5 Å². The molecule has 2 N–H and O–H groups in total. The lowest BCUT2D eigenvalue weighted by atomic mass is 10.1. The molecule has 0 fully saturated rings. The monoisotopic (exact) mass is 321 g/mol. The van der Waals surface area contributed by atoms with Gasteiger partial charge in [0.1, 0.15) is 6.33 Å². The first kappa shape index (κ1) is 16.4. The lowest BCUT2D eigenvalue weighted by Crippen LogP contribution is -2.42. The maximum Gasteiger partial charge on any atom is 0.249 e. The quantitative estimate of drug-likeness (QED) is 0.735. The number of carbonyl (C=O) groups excluding carboxylic acids is 1. The molecule has 2 aromatic rings. The predicted molar refractivity (Wildman–Crippen MR) is 84.4 cm³/mol. The predicted octanol–water partition coefficient (Wildman–Crippen LogP) is 0.493. The molecule has 2 atom stereocenters. The van der Waals surface area contributed by atoms with Gasteiger partial charge in [-0.15, -0.1) is 5.10 Å². The third kappa shape index (κ3) is 4.28. The van der Waals surface area contributed by atoms with Crippen molar-refractivity contribution in [1.82, 2.24) is 25.5 Å². The van der Waals surface area contributed by atoms with Crippen LogP contribution in [0.25, 0.3) is 0 Å². The maximum absolute atomic E-state index is 12.6. The van der Waals surface area contributed by atoms with E-state index in [0.717, 1.165) is 11.3 Å². The second kappa shape index (κ2) is 8.50. The Hall–Kier alpha value is -1.93. The third-order valence-electron chi connectivity index (χ3n) is 3.23. The van der Waals surface area contributed by atoms with Crippen molar-refractivity contribution in [3.63, 3.8) is 0 Å². The van der Waals surface area contributed by atoms with E-state index in [0.29, 0.717) is 6.42 Å².